The first-order valence-corrected chi connectivity index (χ1v) is 7.07. The minimum atomic E-state index is -0.712. The number of carbonyl (C=O) groups excluding carboxylic acids is 1. The fourth-order valence-corrected chi connectivity index (χ4v) is 2.61. The van der Waals surface area contributed by atoms with Gasteiger partial charge >= 0.3 is 0 Å². The third kappa shape index (κ3) is 3.55. The average molecular weight is 280 g/mol. The molecular weight excluding hydrogens is 259 g/mol. The molecule has 1 unspecified atom stereocenters. The van der Waals surface area contributed by atoms with E-state index in [9.17, 15) is 14.3 Å². The summed E-state index contributed by atoms with van der Waals surface area (Å²) in [5.41, 5.74) is 0.672. The van der Waals surface area contributed by atoms with Gasteiger partial charge < -0.3 is 10.4 Å². The van der Waals surface area contributed by atoms with E-state index in [1.807, 2.05) is 11.8 Å². The van der Waals surface area contributed by atoms with Gasteiger partial charge in [-0.05, 0) is 30.5 Å². The number of hydrogen-bond acceptors (Lipinski definition) is 3. The molecule has 0 saturated carbocycles. The smallest absolute Gasteiger partial charge is 0.237 e. The number of nitrogens with one attached hydrogen (secondary N) is 1. The summed E-state index contributed by atoms with van der Waals surface area (Å²) in [5, 5.41) is 13.1. The second-order valence-corrected chi connectivity index (χ2v) is 5.13. The minimum absolute atomic E-state index is 0.0244. The van der Waals surface area contributed by atoms with Crippen molar-refractivity contribution in [2.24, 2.45) is 0 Å². The molecule has 20 heavy (non-hydrogen) atoms. The van der Waals surface area contributed by atoms with Crippen molar-refractivity contribution in [2.75, 3.05) is 19.6 Å². The fourth-order valence-electron chi connectivity index (χ4n) is 2.61. The van der Waals surface area contributed by atoms with Gasteiger partial charge in [0.25, 0.3) is 0 Å². The highest BCUT2D eigenvalue weighted by molar-refractivity contribution is 5.81. The van der Waals surface area contributed by atoms with Gasteiger partial charge in [-0.3, -0.25) is 9.69 Å². The maximum atomic E-state index is 12.9. The van der Waals surface area contributed by atoms with Crippen LogP contribution in [0, 0.1) is 5.82 Å². The molecule has 110 valence electrons. The molecule has 1 aromatic carbocycles. The number of hydrogen-bond donors (Lipinski definition) is 2. The number of amides is 1. The van der Waals surface area contributed by atoms with Crippen molar-refractivity contribution in [3.63, 3.8) is 0 Å². The molecule has 0 aliphatic carbocycles. The molecule has 2 rings (SSSR count). The lowest BCUT2D eigenvalue weighted by molar-refractivity contribution is -0.126. The van der Waals surface area contributed by atoms with E-state index >= 15 is 0 Å². The number of rotatable bonds is 4. The van der Waals surface area contributed by atoms with E-state index in [1.165, 1.54) is 12.1 Å². The second kappa shape index (κ2) is 6.81. The van der Waals surface area contributed by atoms with Gasteiger partial charge in [0.1, 0.15) is 5.82 Å². The number of carbonyl (C=O) groups is 1. The van der Waals surface area contributed by atoms with E-state index in [0.717, 1.165) is 13.0 Å². The Morgan fingerprint density at radius 3 is 2.80 bits per heavy atom. The Labute approximate surface area is 118 Å². The summed E-state index contributed by atoms with van der Waals surface area (Å²) in [6.07, 6.45) is 0.871. The maximum absolute atomic E-state index is 12.9. The first-order chi connectivity index (χ1) is 9.61. The Bertz CT molecular complexity index is 450. The molecule has 2 atom stereocenters. The number of aliphatic hydroxyl groups is 1. The van der Waals surface area contributed by atoms with Crippen molar-refractivity contribution < 1.29 is 14.3 Å². The zero-order valence-corrected chi connectivity index (χ0v) is 11.7. The van der Waals surface area contributed by atoms with E-state index < -0.39 is 6.10 Å². The van der Waals surface area contributed by atoms with E-state index in [1.54, 1.807) is 12.1 Å². The summed E-state index contributed by atoms with van der Waals surface area (Å²) in [4.78, 5) is 13.9. The predicted octanol–water partition coefficient (Wildman–Crippen LogP) is 1.46. The van der Waals surface area contributed by atoms with Crippen LogP contribution in [0.4, 0.5) is 4.39 Å². The third-order valence-corrected chi connectivity index (χ3v) is 3.71. The van der Waals surface area contributed by atoms with Gasteiger partial charge in [0, 0.05) is 19.6 Å². The fraction of sp³-hybridized carbons (Fsp3) is 0.533. The molecule has 1 aromatic rings. The molecule has 0 radical (unpaired) electrons. The second-order valence-electron chi connectivity index (χ2n) is 5.13. The Balaban J connectivity index is 2.06. The molecule has 0 aromatic heterocycles. The van der Waals surface area contributed by atoms with Crippen molar-refractivity contribution in [3.05, 3.63) is 35.6 Å². The highest BCUT2D eigenvalue weighted by Crippen LogP contribution is 2.18. The lowest BCUT2D eigenvalue weighted by Crippen LogP contribution is -2.45. The van der Waals surface area contributed by atoms with Crippen LogP contribution in [-0.4, -0.2) is 41.6 Å². The summed E-state index contributed by atoms with van der Waals surface area (Å²) in [6.45, 7) is 3.80. The maximum Gasteiger partial charge on any atom is 0.237 e. The molecular formula is C15H21FN2O2. The van der Waals surface area contributed by atoms with Crippen molar-refractivity contribution in [3.8, 4) is 0 Å². The quantitative estimate of drug-likeness (QED) is 0.878. The van der Waals surface area contributed by atoms with Crippen molar-refractivity contribution in [2.45, 2.75) is 31.9 Å². The minimum Gasteiger partial charge on any atom is -0.387 e. The molecule has 1 aliphatic rings. The van der Waals surface area contributed by atoms with Crippen molar-refractivity contribution >= 4 is 5.91 Å². The number of nitrogens with zero attached hydrogens (tertiary/aromatic N) is 1. The van der Waals surface area contributed by atoms with E-state index in [4.69, 9.17) is 0 Å². The van der Waals surface area contributed by atoms with Crippen LogP contribution >= 0.6 is 0 Å². The third-order valence-electron chi connectivity index (χ3n) is 3.71. The van der Waals surface area contributed by atoms with Crippen LogP contribution in [0.25, 0.3) is 0 Å². The van der Waals surface area contributed by atoms with Crippen LogP contribution in [0.2, 0.25) is 0 Å². The van der Waals surface area contributed by atoms with Crippen LogP contribution in [0.5, 0.6) is 0 Å². The first-order valence-electron chi connectivity index (χ1n) is 7.07. The molecule has 0 bridgehead atoms. The lowest BCUT2D eigenvalue weighted by atomic mass is 10.1. The first kappa shape index (κ1) is 14.9. The van der Waals surface area contributed by atoms with Gasteiger partial charge in [-0.15, -0.1) is 0 Å². The normalized spacial score (nSPS) is 22.1. The van der Waals surface area contributed by atoms with Gasteiger partial charge in [0.2, 0.25) is 5.91 Å². The Morgan fingerprint density at radius 1 is 1.45 bits per heavy atom. The average Bonchev–Trinajstić information content (AvgIpc) is 2.61. The number of benzene rings is 1. The topological polar surface area (TPSA) is 52.6 Å². The zero-order chi connectivity index (χ0) is 14.5. The van der Waals surface area contributed by atoms with Gasteiger partial charge in [0.15, 0.2) is 0 Å². The van der Waals surface area contributed by atoms with Crippen LogP contribution in [0.1, 0.15) is 31.4 Å². The Hall–Kier alpha value is -1.46. The summed E-state index contributed by atoms with van der Waals surface area (Å²) < 4.78 is 12.9. The zero-order valence-electron chi connectivity index (χ0n) is 11.7. The van der Waals surface area contributed by atoms with Crippen LogP contribution in [0.3, 0.4) is 0 Å². The van der Waals surface area contributed by atoms with E-state index in [0.29, 0.717) is 25.1 Å². The van der Waals surface area contributed by atoms with Crippen LogP contribution in [0.15, 0.2) is 24.3 Å². The number of aliphatic hydroxyl groups excluding tert-OH is 1. The molecule has 5 heteroatoms. The van der Waals surface area contributed by atoms with Gasteiger partial charge in [-0.1, -0.05) is 19.1 Å². The van der Waals surface area contributed by atoms with Gasteiger partial charge in [-0.2, -0.15) is 0 Å². The molecule has 2 N–H and O–H groups in total. The molecule has 1 amide bonds. The summed E-state index contributed by atoms with van der Waals surface area (Å²) >= 11 is 0. The largest absolute Gasteiger partial charge is 0.387 e. The molecule has 1 saturated heterocycles. The highest BCUT2D eigenvalue weighted by atomic mass is 19.1. The summed E-state index contributed by atoms with van der Waals surface area (Å²) in [5.74, 6) is -0.294. The molecule has 1 fully saturated rings. The summed E-state index contributed by atoms with van der Waals surface area (Å²) in [7, 11) is 0. The van der Waals surface area contributed by atoms with Gasteiger partial charge in [-0.25, -0.2) is 4.39 Å². The Kier molecular flexibility index (Phi) is 5.09. The Morgan fingerprint density at radius 2 is 2.15 bits per heavy atom. The van der Waals surface area contributed by atoms with E-state index in [-0.39, 0.29) is 17.8 Å². The van der Waals surface area contributed by atoms with Gasteiger partial charge in [0.05, 0.1) is 12.1 Å². The van der Waals surface area contributed by atoms with E-state index in [2.05, 4.69) is 5.32 Å². The number of β-amino-alcohol motifs (C(OH)–C–C–N with tert-alkyl or cyclic N) is 1. The van der Waals surface area contributed by atoms with Crippen LogP contribution in [-0.2, 0) is 4.79 Å². The molecule has 1 heterocycles. The lowest BCUT2D eigenvalue weighted by Gasteiger charge is -2.29. The van der Waals surface area contributed by atoms with Crippen molar-refractivity contribution in [1.82, 2.24) is 10.2 Å². The highest BCUT2D eigenvalue weighted by Gasteiger charge is 2.28. The molecule has 4 nitrogen and oxygen atoms in total. The molecule has 1 aliphatic heterocycles. The predicted molar refractivity (Wildman–Crippen MR) is 74.6 cm³/mol. The number of halogens is 1. The SMILES string of the molecule is CC[C@H]1C(=O)NCCCN1CC(O)c1ccc(F)cc1. The van der Waals surface area contributed by atoms with Crippen molar-refractivity contribution in [1.29, 1.82) is 0 Å². The van der Waals surface area contributed by atoms with Crippen LogP contribution < -0.4 is 5.32 Å². The molecule has 0 spiro atoms. The summed E-state index contributed by atoms with van der Waals surface area (Å²) in [6, 6.07) is 5.64. The standard InChI is InChI=1S/C15H21FN2O2/c1-2-13-15(20)17-8-3-9-18(13)10-14(19)11-4-6-12(16)7-5-11/h4-7,13-14,19H,2-3,8-10H2,1H3,(H,17,20)/t13-,14?/m0/s1. The monoisotopic (exact) mass is 280 g/mol.